The Morgan fingerprint density at radius 1 is 0.793 bits per heavy atom. The molecule has 0 bridgehead atoms. The number of carbonyl (C=O) groups is 1. The van der Waals surface area contributed by atoms with E-state index in [0.29, 0.717) is 17.8 Å². The second-order valence-corrected chi connectivity index (χ2v) is 6.53. The standard InChI is InChI=1S/C19H15F7N2O/c20-15-3-1-2-4-16(15)27-5-7-28(8-6-27)17(29)12-9-13(18(21,22)23)11-14(10-12)19(24,25)26/h1-4,9-11H,5-8H2. The molecule has 0 spiro atoms. The van der Waals surface area contributed by atoms with Crippen LogP contribution in [0, 0.1) is 5.82 Å². The number of halogens is 7. The molecule has 2 aromatic rings. The van der Waals surface area contributed by atoms with Gasteiger partial charge in [0.05, 0.1) is 16.8 Å². The Kier molecular flexibility index (Phi) is 5.46. The number of anilines is 1. The van der Waals surface area contributed by atoms with Gasteiger partial charge in [-0.2, -0.15) is 26.3 Å². The van der Waals surface area contributed by atoms with Gasteiger partial charge in [0.25, 0.3) is 5.91 Å². The fraction of sp³-hybridized carbons (Fsp3) is 0.316. The maximum absolute atomic E-state index is 13.9. The van der Waals surface area contributed by atoms with Gasteiger partial charge in [-0.15, -0.1) is 0 Å². The normalized spacial score (nSPS) is 15.6. The molecule has 0 aromatic heterocycles. The summed E-state index contributed by atoms with van der Waals surface area (Å²) >= 11 is 0. The van der Waals surface area contributed by atoms with E-state index < -0.39 is 40.8 Å². The van der Waals surface area contributed by atoms with Crippen molar-refractivity contribution in [2.24, 2.45) is 0 Å². The number of carbonyl (C=O) groups excluding carboxylic acids is 1. The molecular formula is C19H15F7N2O. The number of rotatable bonds is 2. The Morgan fingerprint density at radius 2 is 1.31 bits per heavy atom. The van der Waals surface area contributed by atoms with Gasteiger partial charge in [0.2, 0.25) is 0 Å². The molecule has 2 aromatic carbocycles. The Labute approximate surface area is 161 Å². The first-order valence-electron chi connectivity index (χ1n) is 8.55. The lowest BCUT2D eigenvalue weighted by Crippen LogP contribution is -2.49. The third-order valence-corrected chi connectivity index (χ3v) is 4.59. The number of amides is 1. The zero-order chi connectivity index (χ0) is 21.4. The van der Waals surface area contributed by atoms with E-state index in [4.69, 9.17) is 0 Å². The lowest BCUT2D eigenvalue weighted by molar-refractivity contribution is -0.143. The highest BCUT2D eigenvalue weighted by Crippen LogP contribution is 2.36. The van der Waals surface area contributed by atoms with Crippen molar-refractivity contribution in [3.63, 3.8) is 0 Å². The topological polar surface area (TPSA) is 23.6 Å². The van der Waals surface area contributed by atoms with Gasteiger partial charge in [-0.05, 0) is 30.3 Å². The van der Waals surface area contributed by atoms with Crippen LogP contribution in [0.1, 0.15) is 21.5 Å². The van der Waals surface area contributed by atoms with Crippen LogP contribution in [0.4, 0.5) is 36.4 Å². The Bertz CT molecular complexity index is 868. The highest BCUT2D eigenvalue weighted by atomic mass is 19.4. The van der Waals surface area contributed by atoms with E-state index in [2.05, 4.69) is 0 Å². The summed E-state index contributed by atoms with van der Waals surface area (Å²) in [5.74, 6) is -1.39. The Hall–Kier alpha value is -2.78. The summed E-state index contributed by atoms with van der Waals surface area (Å²) in [4.78, 5) is 15.4. The number of benzene rings is 2. The Morgan fingerprint density at radius 3 is 1.79 bits per heavy atom. The SMILES string of the molecule is O=C(c1cc(C(F)(F)F)cc(C(F)(F)F)c1)N1CCN(c2ccccc2F)CC1. The predicted octanol–water partition coefficient (Wildman–Crippen LogP) is 4.83. The van der Waals surface area contributed by atoms with E-state index in [1.165, 1.54) is 12.1 Å². The molecule has 1 saturated heterocycles. The lowest BCUT2D eigenvalue weighted by atomic mass is 10.0. The van der Waals surface area contributed by atoms with Crippen molar-refractivity contribution in [2.45, 2.75) is 12.4 Å². The molecule has 1 fully saturated rings. The van der Waals surface area contributed by atoms with Crippen LogP contribution in [0.5, 0.6) is 0 Å². The molecule has 1 aliphatic heterocycles. The van der Waals surface area contributed by atoms with E-state index in [0.717, 1.165) is 4.90 Å². The first-order chi connectivity index (χ1) is 13.5. The van der Waals surface area contributed by atoms with E-state index >= 15 is 0 Å². The van der Waals surface area contributed by atoms with Crippen LogP contribution in [-0.2, 0) is 12.4 Å². The minimum absolute atomic E-state index is 0.0209. The first kappa shape index (κ1) is 20.9. The zero-order valence-corrected chi connectivity index (χ0v) is 14.8. The molecule has 10 heteroatoms. The van der Waals surface area contributed by atoms with E-state index in [9.17, 15) is 35.5 Å². The van der Waals surface area contributed by atoms with Crippen molar-refractivity contribution >= 4 is 11.6 Å². The minimum Gasteiger partial charge on any atom is -0.366 e. The first-order valence-corrected chi connectivity index (χ1v) is 8.55. The van der Waals surface area contributed by atoms with Gasteiger partial charge in [0, 0.05) is 31.7 Å². The fourth-order valence-electron chi connectivity index (χ4n) is 3.12. The monoisotopic (exact) mass is 420 g/mol. The molecule has 0 aliphatic carbocycles. The quantitative estimate of drug-likeness (QED) is 0.651. The zero-order valence-electron chi connectivity index (χ0n) is 14.8. The molecule has 3 rings (SSSR count). The molecule has 29 heavy (non-hydrogen) atoms. The summed E-state index contributed by atoms with van der Waals surface area (Å²) in [6.07, 6.45) is -10.1. The van der Waals surface area contributed by atoms with E-state index in [1.54, 1.807) is 17.0 Å². The van der Waals surface area contributed by atoms with Crippen LogP contribution in [0.2, 0.25) is 0 Å². The lowest BCUT2D eigenvalue weighted by Gasteiger charge is -2.36. The molecule has 0 radical (unpaired) electrons. The van der Waals surface area contributed by atoms with Crippen LogP contribution < -0.4 is 4.90 Å². The molecule has 1 amide bonds. The highest BCUT2D eigenvalue weighted by molar-refractivity contribution is 5.95. The van der Waals surface area contributed by atoms with Gasteiger partial charge in [-0.25, -0.2) is 4.39 Å². The van der Waals surface area contributed by atoms with Crippen molar-refractivity contribution in [3.05, 3.63) is 65.0 Å². The molecule has 0 atom stereocenters. The largest absolute Gasteiger partial charge is 0.416 e. The van der Waals surface area contributed by atoms with Crippen molar-refractivity contribution < 1.29 is 35.5 Å². The van der Waals surface area contributed by atoms with Crippen LogP contribution in [0.25, 0.3) is 0 Å². The molecule has 1 heterocycles. The molecule has 0 N–H and O–H groups in total. The molecule has 3 nitrogen and oxygen atoms in total. The van der Waals surface area contributed by atoms with Crippen LogP contribution in [0.15, 0.2) is 42.5 Å². The number of hydrogen-bond acceptors (Lipinski definition) is 2. The van der Waals surface area contributed by atoms with Crippen molar-refractivity contribution in [2.75, 3.05) is 31.1 Å². The van der Waals surface area contributed by atoms with Gasteiger partial charge in [-0.1, -0.05) is 12.1 Å². The smallest absolute Gasteiger partial charge is 0.366 e. The van der Waals surface area contributed by atoms with Crippen molar-refractivity contribution in [1.82, 2.24) is 4.90 Å². The predicted molar refractivity (Wildman–Crippen MR) is 91.0 cm³/mol. The van der Waals surface area contributed by atoms with E-state index in [-0.39, 0.29) is 32.2 Å². The summed E-state index contributed by atoms with van der Waals surface area (Å²) in [5.41, 5.74) is -3.45. The van der Waals surface area contributed by atoms with Gasteiger partial charge >= 0.3 is 12.4 Å². The summed E-state index contributed by atoms with van der Waals surface area (Å²) in [6, 6.07) is 6.79. The molecule has 156 valence electrons. The average Bonchev–Trinajstić information content (AvgIpc) is 2.66. The number of nitrogens with zero attached hydrogens (tertiary/aromatic N) is 2. The number of piperazine rings is 1. The number of alkyl halides is 6. The van der Waals surface area contributed by atoms with Crippen LogP contribution in [-0.4, -0.2) is 37.0 Å². The number of hydrogen-bond donors (Lipinski definition) is 0. The summed E-state index contributed by atoms with van der Waals surface area (Å²) < 4.78 is 91.8. The van der Waals surface area contributed by atoms with Gasteiger partial charge in [-0.3, -0.25) is 4.79 Å². The average molecular weight is 420 g/mol. The Balaban J connectivity index is 1.81. The molecular weight excluding hydrogens is 405 g/mol. The third kappa shape index (κ3) is 4.63. The number of para-hydroxylation sites is 1. The van der Waals surface area contributed by atoms with Crippen LogP contribution >= 0.6 is 0 Å². The maximum Gasteiger partial charge on any atom is 0.416 e. The molecule has 1 aliphatic rings. The highest BCUT2D eigenvalue weighted by Gasteiger charge is 2.38. The van der Waals surface area contributed by atoms with Crippen molar-refractivity contribution in [1.29, 1.82) is 0 Å². The van der Waals surface area contributed by atoms with Crippen LogP contribution in [0.3, 0.4) is 0 Å². The summed E-state index contributed by atoms with van der Waals surface area (Å²) in [7, 11) is 0. The summed E-state index contributed by atoms with van der Waals surface area (Å²) in [5, 5.41) is 0. The van der Waals surface area contributed by atoms with E-state index in [1.807, 2.05) is 0 Å². The van der Waals surface area contributed by atoms with Gasteiger partial charge in [0.15, 0.2) is 0 Å². The second-order valence-electron chi connectivity index (χ2n) is 6.53. The van der Waals surface area contributed by atoms with Gasteiger partial charge in [0.1, 0.15) is 5.82 Å². The van der Waals surface area contributed by atoms with Gasteiger partial charge < -0.3 is 9.80 Å². The maximum atomic E-state index is 13.9. The fourth-order valence-corrected chi connectivity index (χ4v) is 3.12. The summed E-state index contributed by atoms with van der Waals surface area (Å²) in [6.45, 7) is 0.449. The molecule has 0 saturated carbocycles. The molecule has 0 unspecified atom stereocenters. The third-order valence-electron chi connectivity index (χ3n) is 4.59. The second kappa shape index (κ2) is 7.57. The minimum atomic E-state index is -5.03. The van der Waals surface area contributed by atoms with Crippen molar-refractivity contribution in [3.8, 4) is 0 Å².